The highest BCUT2D eigenvalue weighted by molar-refractivity contribution is 14.0. The highest BCUT2D eigenvalue weighted by Gasteiger charge is 2.23. The fraction of sp³-hybridized carbons (Fsp3) is 0.905. The maximum absolute atomic E-state index is 11.1. The van der Waals surface area contributed by atoms with Gasteiger partial charge in [-0.05, 0) is 44.9 Å². The zero-order valence-electron chi connectivity index (χ0n) is 18.2. The molecule has 2 aliphatic heterocycles. The van der Waals surface area contributed by atoms with E-state index in [4.69, 9.17) is 9.47 Å². The average Bonchev–Trinajstić information content (AvgIpc) is 2.75. The quantitative estimate of drug-likeness (QED) is 0.155. The number of carbonyl (C=O) groups is 1. The van der Waals surface area contributed by atoms with Crippen LogP contribution in [-0.2, 0) is 19.0 Å². The van der Waals surface area contributed by atoms with E-state index in [0.717, 1.165) is 83.8 Å². The predicted octanol–water partition coefficient (Wildman–Crippen LogP) is 3.35. The number of carbonyl (C=O) groups excluding carboxylic acids is 1. The minimum atomic E-state index is -0.114. The van der Waals surface area contributed by atoms with E-state index in [0.29, 0.717) is 18.6 Å². The fourth-order valence-electron chi connectivity index (χ4n) is 3.80. The van der Waals surface area contributed by atoms with E-state index in [9.17, 15) is 4.79 Å². The number of methoxy groups -OCH3 is 1. The molecule has 0 aromatic rings. The van der Waals surface area contributed by atoms with Crippen molar-refractivity contribution in [3.8, 4) is 0 Å². The van der Waals surface area contributed by atoms with Crippen LogP contribution in [0.1, 0.15) is 64.2 Å². The van der Waals surface area contributed by atoms with Crippen LogP contribution in [0.25, 0.3) is 0 Å². The van der Waals surface area contributed by atoms with Gasteiger partial charge in [0, 0.05) is 39.7 Å². The van der Waals surface area contributed by atoms with Gasteiger partial charge in [0.05, 0.1) is 25.9 Å². The first-order chi connectivity index (χ1) is 13.7. The molecule has 0 spiro atoms. The smallest absolute Gasteiger partial charge is 0.305 e. The zero-order chi connectivity index (χ0) is 20.0. The minimum absolute atomic E-state index is 0. The Labute approximate surface area is 193 Å². The van der Waals surface area contributed by atoms with Gasteiger partial charge in [0.25, 0.3) is 0 Å². The summed E-state index contributed by atoms with van der Waals surface area (Å²) in [5, 5.41) is 3.47. The topological polar surface area (TPSA) is 72.4 Å². The second-order valence-electron chi connectivity index (χ2n) is 7.72. The van der Waals surface area contributed by atoms with Crippen LogP contribution in [0.4, 0.5) is 0 Å². The van der Waals surface area contributed by atoms with Crippen LogP contribution in [0.5, 0.6) is 0 Å². The summed E-state index contributed by atoms with van der Waals surface area (Å²) in [4.78, 5) is 17.8. The maximum Gasteiger partial charge on any atom is 0.305 e. The predicted molar refractivity (Wildman–Crippen MR) is 126 cm³/mol. The summed E-state index contributed by atoms with van der Waals surface area (Å²) in [6.45, 7) is 4.51. The molecule has 29 heavy (non-hydrogen) atoms. The summed E-state index contributed by atoms with van der Waals surface area (Å²) >= 11 is 0. The van der Waals surface area contributed by atoms with Crippen LogP contribution in [0, 0.1) is 0 Å². The summed E-state index contributed by atoms with van der Waals surface area (Å²) in [7, 11) is 3.29. The minimum Gasteiger partial charge on any atom is -0.469 e. The van der Waals surface area contributed by atoms with Gasteiger partial charge in [-0.2, -0.15) is 0 Å². The van der Waals surface area contributed by atoms with Gasteiger partial charge in [-0.1, -0.05) is 12.8 Å². The molecule has 2 saturated heterocycles. The molecule has 0 aliphatic carbocycles. The van der Waals surface area contributed by atoms with Crippen LogP contribution >= 0.6 is 24.0 Å². The molecule has 2 rings (SSSR count). The number of nitrogens with one attached hydrogen (secondary N) is 1. The van der Waals surface area contributed by atoms with Gasteiger partial charge < -0.3 is 24.4 Å². The summed E-state index contributed by atoms with van der Waals surface area (Å²) in [6, 6.07) is 0. The van der Waals surface area contributed by atoms with Crippen molar-refractivity contribution in [1.29, 1.82) is 0 Å². The Morgan fingerprint density at radius 1 is 1.14 bits per heavy atom. The third-order valence-corrected chi connectivity index (χ3v) is 5.56. The summed E-state index contributed by atoms with van der Waals surface area (Å²) in [5.74, 6) is 0.876. The molecular formula is C21H40IN3O4. The Bertz CT molecular complexity index is 465. The first-order valence-electron chi connectivity index (χ1n) is 11.0. The molecule has 0 bridgehead atoms. The molecule has 1 N–H and O–H groups in total. The van der Waals surface area contributed by atoms with E-state index in [1.54, 1.807) is 0 Å². The van der Waals surface area contributed by atoms with E-state index in [2.05, 4.69) is 19.9 Å². The number of halogens is 1. The molecule has 2 aliphatic rings. The number of hydrogen-bond donors (Lipinski definition) is 1. The van der Waals surface area contributed by atoms with Gasteiger partial charge in [-0.15, -0.1) is 24.0 Å². The molecule has 170 valence electrons. The Hall–Kier alpha value is -0.610. The molecule has 8 heteroatoms. The maximum atomic E-state index is 11.1. The lowest BCUT2D eigenvalue weighted by atomic mass is 10.1. The van der Waals surface area contributed by atoms with Gasteiger partial charge in [0.2, 0.25) is 0 Å². The largest absolute Gasteiger partial charge is 0.469 e. The van der Waals surface area contributed by atoms with Crippen LogP contribution in [0.3, 0.4) is 0 Å². The Balaban J connectivity index is 0.00000420. The van der Waals surface area contributed by atoms with Crippen molar-refractivity contribution < 1.29 is 19.0 Å². The van der Waals surface area contributed by atoms with Crippen molar-refractivity contribution in [2.75, 3.05) is 47.0 Å². The molecule has 0 amide bonds. The molecule has 2 heterocycles. The van der Waals surface area contributed by atoms with Crippen molar-refractivity contribution >= 4 is 35.9 Å². The van der Waals surface area contributed by atoms with Crippen LogP contribution in [0.2, 0.25) is 0 Å². The summed E-state index contributed by atoms with van der Waals surface area (Å²) in [5.41, 5.74) is 0. The number of likely N-dealkylation sites (tertiary alicyclic amines) is 1. The van der Waals surface area contributed by atoms with E-state index in [1.165, 1.54) is 20.0 Å². The van der Waals surface area contributed by atoms with E-state index >= 15 is 0 Å². The fourth-order valence-corrected chi connectivity index (χ4v) is 3.80. The number of guanidine groups is 1. The Kier molecular flexibility index (Phi) is 14.7. The molecule has 1 unspecified atom stereocenters. The van der Waals surface area contributed by atoms with E-state index in [1.807, 2.05) is 7.05 Å². The summed E-state index contributed by atoms with van der Waals surface area (Å²) < 4.78 is 16.5. The molecule has 1 atom stereocenters. The third-order valence-electron chi connectivity index (χ3n) is 5.56. The van der Waals surface area contributed by atoms with Crippen molar-refractivity contribution in [3.63, 3.8) is 0 Å². The number of hydrogen-bond acceptors (Lipinski definition) is 5. The number of nitrogens with zero attached hydrogens (tertiary/aromatic N) is 2. The van der Waals surface area contributed by atoms with Crippen LogP contribution in [-0.4, -0.2) is 76.0 Å². The molecule has 7 nitrogen and oxygen atoms in total. The molecule has 0 aromatic carbocycles. The van der Waals surface area contributed by atoms with Crippen molar-refractivity contribution in [2.24, 2.45) is 4.99 Å². The second-order valence-corrected chi connectivity index (χ2v) is 7.72. The van der Waals surface area contributed by atoms with Gasteiger partial charge in [0.1, 0.15) is 0 Å². The Morgan fingerprint density at radius 3 is 2.55 bits per heavy atom. The SMILES string of the molecule is CN=C(NCCCCCCC(=O)OC)N1CCC(OCC2CCCCO2)CC1.I. The van der Waals surface area contributed by atoms with Crippen LogP contribution in [0.15, 0.2) is 4.99 Å². The van der Waals surface area contributed by atoms with Crippen molar-refractivity contribution in [2.45, 2.75) is 76.4 Å². The average molecular weight is 525 g/mol. The van der Waals surface area contributed by atoms with Crippen molar-refractivity contribution in [1.82, 2.24) is 10.2 Å². The molecule has 0 saturated carbocycles. The number of aliphatic imine (C=N–C) groups is 1. The third kappa shape index (κ3) is 10.8. The lowest BCUT2D eigenvalue weighted by Gasteiger charge is -2.35. The highest BCUT2D eigenvalue weighted by Crippen LogP contribution is 2.18. The Morgan fingerprint density at radius 2 is 1.90 bits per heavy atom. The second kappa shape index (κ2) is 16.1. The number of esters is 1. The van der Waals surface area contributed by atoms with Gasteiger partial charge in [-0.25, -0.2) is 0 Å². The number of piperidine rings is 1. The number of rotatable bonds is 10. The molecular weight excluding hydrogens is 485 g/mol. The first kappa shape index (κ1) is 26.4. The molecule has 2 fully saturated rings. The molecule has 0 radical (unpaired) electrons. The lowest BCUT2D eigenvalue weighted by Crippen LogP contribution is -2.47. The monoisotopic (exact) mass is 525 g/mol. The van der Waals surface area contributed by atoms with E-state index in [-0.39, 0.29) is 29.9 Å². The highest BCUT2D eigenvalue weighted by atomic mass is 127. The number of ether oxygens (including phenoxy) is 3. The normalized spacial score (nSPS) is 20.8. The van der Waals surface area contributed by atoms with Gasteiger partial charge in [0.15, 0.2) is 5.96 Å². The standard InChI is InChI=1S/C21H39N3O4.HI/c1-22-21(23-13-7-4-3-5-10-20(25)26-2)24-14-11-18(12-15-24)28-17-19-9-6-8-16-27-19;/h18-19H,3-17H2,1-2H3,(H,22,23);1H. The van der Waals surface area contributed by atoms with Crippen molar-refractivity contribution in [3.05, 3.63) is 0 Å². The summed E-state index contributed by atoms with van der Waals surface area (Å²) in [6.07, 6.45) is 11.0. The van der Waals surface area contributed by atoms with Crippen LogP contribution < -0.4 is 5.32 Å². The van der Waals surface area contributed by atoms with Gasteiger partial charge in [-0.3, -0.25) is 9.79 Å². The van der Waals surface area contributed by atoms with E-state index < -0.39 is 0 Å². The first-order valence-corrected chi connectivity index (χ1v) is 11.0. The number of unbranched alkanes of at least 4 members (excludes halogenated alkanes) is 3. The molecule has 0 aromatic heterocycles. The van der Waals surface area contributed by atoms with Gasteiger partial charge >= 0.3 is 5.97 Å². The zero-order valence-corrected chi connectivity index (χ0v) is 20.5. The lowest BCUT2D eigenvalue weighted by molar-refractivity contribution is -0.140.